The van der Waals surface area contributed by atoms with Crippen molar-refractivity contribution in [2.24, 2.45) is 0 Å². The van der Waals surface area contributed by atoms with E-state index < -0.39 is 47.9 Å². The number of amides is 3. The van der Waals surface area contributed by atoms with Crippen molar-refractivity contribution in [1.29, 1.82) is 0 Å². The van der Waals surface area contributed by atoms with Crippen LogP contribution in [-0.4, -0.2) is 36.0 Å². The first-order valence-electron chi connectivity index (χ1n) is 9.35. The topological polar surface area (TPSA) is 87.7 Å². The van der Waals surface area contributed by atoms with Crippen LogP contribution in [0.3, 0.4) is 0 Å². The van der Waals surface area contributed by atoms with E-state index in [1.807, 2.05) is 0 Å². The number of esters is 1. The summed E-state index contributed by atoms with van der Waals surface area (Å²) in [5.74, 6) is -1.56. The highest BCUT2D eigenvalue weighted by Crippen LogP contribution is 2.38. The average Bonchev–Trinajstić information content (AvgIpc) is 3.11. The van der Waals surface area contributed by atoms with Crippen molar-refractivity contribution in [1.82, 2.24) is 10.2 Å². The fourth-order valence-electron chi connectivity index (χ4n) is 3.59. The summed E-state index contributed by atoms with van der Waals surface area (Å²) in [5.41, 5.74) is -0.722. The van der Waals surface area contributed by atoms with E-state index in [0.717, 1.165) is 17.0 Å². The molecular weight excluding hydrogens is 451 g/mol. The highest BCUT2D eigenvalue weighted by Gasteiger charge is 2.43. The number of urea groups is 1. The van der Waals surface area contributed by atoms with Crippen LogP contribution >= 0.6 is 11.6 Å². The van der Waals surface area contributed by atoms with Gasteiger partial charge in [-0.3, -0.25) is 9.69 Å². The zero-order valence-corrected chi connectivity index (χ0v) is 17.0. The number of halogens is 4. The fourth-order valence-corrected chi connectivity index (χ4v) is 3.84. The Kier molecular flexibility index (Phi) is 5.55. The number of para-hydroxylation sites is 1. The Labute approximate surface area is 184 Å². The number of anilines is 1. The third-order valence-corrected chi connectivity index (χ3v) is 5.37. The molecular formula is C21H15ClF3N3O4. The maximum absolute atomic E-state index is 13.2. The number of carbonyl (C=O) groups is 3. The predicted molar refractivity (Wildman–Crippen MR) is 107 cm³/mol. The molecule has 3 amide bonds. The molecule has 4 rings (SSSR count). The predicted octanol–water partition coefficient (Wildman–Crippen LogP) is 3.87. The molecule has 2 aliphatic heterocycles. The van der Waals surface area contributed by atoms with Crippen LogP contribution in [-0.2, 0) is 20.5 Å². The van der Waals surface area contributed by atoms with Gasteiger partial charge in [-0.05, 0) is 23.8 Å². The van der Waals surface area contributed by atoms with Crippen molar-refractivity contribution >= 4 is 35.2 Å². The molecule has 32 heavy (non-hydrogen) atoms. The van der Waals surface area contributed by atoms with Crippen molar-refractivity contribution < 1.29 is 32.3 Å². The second-order valence-electron chi connectivity index (χ2n) is 7.02. The molecule has 0 bridgehead atoms. The number of benzene rings is 2. The summed E-state index contributed by atoms with van der Waals surface area (Å²) in [6, 6.07) is 9.50. The number of hydrogen-bond acceptors (Lipinski definition) is 4. The molecule has 2 aliphatic rings. The first-order valence-corrected chi connectivity index (χ1v) is 9.73. The van der Waals surface area contributed by atoms with E-state index in [1.54, 1.807) is 24.3 Å². The number of nitrogens with one attached hydrogen (secondary N) is 2. The van der Waals surface area contributed by atoms with E-state index >= 15 is 0 Å². The van der Waals surface area contributed by atoms with Gasteiger partial charge in [-0.15, -0.1) is 0 Å². The molecule has 1 atom stereocenters. The number of carbonyl (C=O) groups excluding carboxylic acids is 3. The molecule has 0 spiro atoms. The molecule has 0 saturated carbocycles. The monoisotopic (exact) mass is 465 g/mol. The third-order valence-electron chi connectivity index (χ3n) is 5.02. The van der Waals surface area contributed by atoms with Crippen molar-refractivity contribution in [3.05, 3.63) is 76.0 Å². The minimum atomic E-state index is -4.67. The molecule has 0 saturated heterocycles. The third kappa shape index (κ3) is 4.01. The molecule has 0 aliphatic carbocycles. The van der Waals surface area contributed by atoms with E-state index in [0.29, 0.717) is 10.6 Å². The van der Waals surface area contributed by atoms with Gasteiger partial charge in [0.2, 0.25) is 5.91 Å². The van der Waals surface area contributed by atoms with Gasteiger partial charge in [-0.2, -0.15) is 13.2 Å². The van der Waals surface area contributed by atoms with Crippen LogP contribution in [0.5, 0.6) is 0 Å². The Bertz CT molecular complexity index is 1150. The van der Waals surface area contributed by atoms with E-state index in [2.05, 4.69) is 10.6 Å². The Hall–Kier alpha value is -3.53. The van der Waals surface area contributed by atoms with Crippen LogP contribution in [0.4, 0.5) is 23.7 Å². The average molecular weight is 466 g/mol. The Morgan fingerprint density at radius 3 is 2.56 bits per heavy atom. The molecule has 11 heteroatoms. The summed E-state index contributed by atoms with van der Waals surface area (Å²) in [6.07, 6.45) is -4.67. The van der Waals surface area contributed by atoms with Crippen LogP contribution in [0, 0.1) is 0 Å². The lowest BCUT2D eigenvalue weighted by molar-refractivity contribution is -0.137. The minimum absolute atomic E-state index is 0.112. The molecule has 0 aromatic heterocycles. The summed E-state index contributed by atoms with van der Waals surface area (Å²) in [5, 5.41) is 5.11. The number of nitrogens with zero attached hydrogens (tertiary/aromatic N) is 1. The molecule has 1 unspecified atom stereocenters. The molecule has 7 nitrogen and oxygen atoms in total. The second-order valence-corrected chi connectivity index (χ2v) is 7.43. The summed E-state index contributed by atoms with van der Waals surface area (Å²) in [7, 11) is 0. The van der Waals surface area contributed by atoms with Crippen LogP contribution in [0.2, 0.25) is 5.02 Å². The lowest BCUT2D eigenvalue weighted by atomic mass is 9.95. The van der Waals surface area contributed by atoms with Gasteiger partial charge in [-0.1, -0.05) is 41.9 Å². The van der Waals surface area contributed by atoms with Crippen molar-refractivity contribution in [2.75, 3.05) is 18.5 Å². The maximum atomic E-state index is 13.2. The number of alkyl halides is 3. The second kappa shape index (κ2) is 8.19. The van der Waals surface area contributed by atoms with Crippen molar-refractivity contribution in [3.8, 4) is 0 Å². The highest BCUT2D eigenvalue weighted by molar-refractivity contribution is 6.31. The van der Waals surface area contributed by atoms with E-state index in [1.165, 1.54) is 12.1 Å². The number of cyclic esters (lactones) is 1. The van der Waals surface area contributed by atoms with E-state index in [4.69, 9.17) is 16.3 Å². The van der Waals surface area contributed by atoms with Gasteiger partial charge in [0, 0.05) is 5.02 Å². The molecule has 166 valence electrons. The fraction of sp³-hybridized carbons (Fsp3) is 0.190. The Morgan fingerprint density at radius 2 is 1.84 bits per heavy atom. The molecule has 2 aromatic rings. The van der Waals surface area contributed by atoms with Crippen LogP contribution in [0.1, 0.15) is 17.2 Å². The number of ether oxygens (including phenoxy) is 1. The normalized spacial score (nSPS) is 18.2. The molecule has 0 radical (unpaired) electrons. The highest BCUT2D eigenvalue weighted by atomic mass is 35.5. The molecule has 2 heterocycles. The zero-order valence-electron chi connectivity index (χ0n) is 16.2. The molecule has 2 N–H and O–H groups in total. The van der Waals surface area contributed by atoms with Gasteiger partial charge >= 0.3 is 18.2 Å². The van der Waals surface area contributed by atoms with Gasteiger partial charge in [0.1, 0.15) is 13.2 Å². The lowest BCUT2D eigenvalue weighted by Crippen LogP contribution is -2.49. The van der Waals surface area contributed by atoms with Gasteiger partial charge in [-0.25, -0.2) is 9.59 Å². The number of hydrogen-bond donors (Lipinski definition) is 2. The summed E-state index contributed by atoms with van der Waals surface area (Å²) >= 11 is 6.21. The number of rotatable bonds is 4. The standard InChI is InChI=1S/C21H15ClF3N3O4/c22-13-7-3-1-5-11(13)18-17-15(10-32-19(17)30)28(20(31)27-18)9-16(29)26-14-8-4-2-6-12(14)21(23,24)25/h1-8,18H,9-10H2,(H,26,29)(H,27,31). The lowest BCUT2D eigenvalue weighted by Gasteiger charge is -2.32. The molecule has 0 fully saturated rings. The first-order chi connectivity index (χ1) is 15.2. The van der Waals surface area contributed by atoms with Gasteiger partial charge in [0.15, 0.2) is 0 Å². The van der Waals surface area contributed by atoms with Gasteiger partial charge < -0.3 is 15.4 Å². The zero-order chi connectivity index (χ0) is 23.0. The van der Waals surface area contributed by atoms with Crippen molar-refractivity contribution in [2.45, 2.75) is 12.2 Å². The largest absolute Gasteiger partial charge is 0.456 e. The molecule has 2 aromatic carbocycles. The summed E-state index contributed by atoms with van der Waals surface area (Å²) < 4.78 is 44.6. The van der Waals surface area contributed by atoms with Gasteiger partial charge in [0.25, 0.3) is 0 Å². The van der Waals surface area contributed by atoms with Crippen LogP contribution in [0.15, 0.2) is 59.8 Å². The van der Waals surface area contributed by atoms with Crippen molar-refractivity contribution in [3.63, 3.8) is 0 Å². The SMILES string of the molecule is O=C(CN1C(=O)NC(c2ccccc2Cl)C2=C1COC2=O)Nc1ccccc1C(F)(F)F. The summed E-state index contributed by atoms with van der Waals surface area (Å²) in [6.45, 7) is -0.877. The smallest absolute Gasteiger partial charge is 0.418 e. The maximum Gasteiger partial charge on any atom is 0.418 e. The summed E-state index contributed by atoms with van der Waals surface area (Å²) in [4.78, 5) is 38.6. The Balaban J connectivity index is 1.61. The van der Waals surface area contributed by atoms with Gasteiger partial charge in [0.05, 0.1) is 28.6 Å². The van der Waals surface area contributed by atoms with E-state index in [9.17, 15) is 27.6 Å². The van der Waals surface area contributed by atoms with Crippen LogP contribution < -0.4 is 10.6 Å². The first kappa shape index (κ1) is 21.7. The minimum Gasteiger partial charge on any atom is -0.456 e. The van der Waals surface area contributed by atoms with Crippen LogP contribution in [0.25, 0.3) is 0 Å². The van der Waals surface area contributed by atoms with E-state index in [-0.39, 0.29) is 17.9 Å². The Morgan fingerprint density at radius 1 is 1.16 bits per heavy atom. The quantitative estimate of drug-likeness (QED) is 0.671.